The van der Waals surface area contributed by atoms with Crippen molar-refractivity contribution >= 4 is 41.5 Å². The highest BCUT2D eigenvalue weighted by Gasteiger charge is 2.27. The summed E-state index contributed by atoms with van der Waals surface area (Å²) in [6.07, 6.45) is 5.64. The van der Waals surface area contributed by atoms with Crippen LogP contribution in [0.4, 0.5) is 5.69 Å². The number of nitrogens with one attached hydrogen (secondary N) is 1. The smallest absolute Gasteiger partial charge is 0.224 e. The lowest BCUT2D eigenvalue weighted by Gasteiger charge is -2.36. The second-order valence-corrected chi connectivity index (χ2v) is 8.31. The van der Waals surface area contributed by atoms with Gasteiger partial charge in [0, 0.05) is 84.1 Å². The number of amides is 1. The van der Waals surface area contributed by atoms with Crippen LogP contribution in [0.15, 0.2) is 47.7 Å². The minimum atomic E-state index is 0. The first-order valence-corrected chi connectivity index (χ1v) is 11.2. The topological polar surface area (TPSA) is 69.0 Å². The summed E-state index contributed by atoms with van der Waals surface area (Å²) < 4.78 is 1.86. The SMILES string of the molecule is CN=C(NCCC(=O)N1CCN(c2ccccc2)CC1)N1CCC(c2cnn(C)c2)C1.I. The maximum atomic E-state index is 12.7. The largest absolute Gasteiger partial charge is 0.368 e. The quantitative estimate of drug-likeness (QED) is 0.351. The van der Waals surface area contributed by atoms with Gasteiger partial charge in [0.15, 0.2) is 5.96 Å². The van der Waals surface area contributed by atoms with Gasteiger partial charge < -0.3 is 20.0 Å². The zero-order valence-electron chi connectivity index (χ0n) is 19.0. The fraction of sp³-hybridized carbons (Fsp3) is 0.522. The molecule has 1 N–H and O–H groups in total. The zero-order chi connectivity index (χ0) is 21.6. The molecular weight excluding hydrogens is 517 g/mol. The molecule has 2 fully saturated rings. The Bertz CT molecular complexity index is 893. The molecule has 4 rings (SSSR count). The van der Waals surface area contributed by atoms with Crippen LogP contribution < -0.4 is 10.2 Å². The highest BCUT2D eigenvalue weighted by molar-refractivity contribution is 14.0. The summed E-state index contributed by atoms with van der Waals surface area (Å²) in [5.41, 5.74) is 2.51. The Kier molecular flexibility index (Phi) is 8.77. The molecule has 8 nitrogen and oxygen atoms in total. The van der Waals surface area contributed by atoms with Gasteiger partial charge in [-0.2, -0.15) is 5.10 Å². The van der Waals surface area contributed by atoms with Crippen LogP contribution >= 0.6 is 24.0 Å². The van der Waals surface area contributed by atoms with E-state index in [4.69, 9.17) is 0 Å². The number of para-hydroxylation sites is 1. The van der Waals surface area contributed by atoms with E-state index in [-0.39, 0.29) is 29.9 Å². The lowest BCUT2D eigenvalue weighted by molar-refractivity contribution is -0.131. The van der Waals surface area contributed by atoms with E-state index in [1.165, 1.54) is 11.3 Å². The molecule has 0 saturated carbocycles. The van der Waals surface area contributed by atoms with E-state index in [1.54, 1.807) is 0 Å². The molecule has 1 amide bonds. The van der Waals surface area contributed by atoms with Gasteiger partial charge in [0.05, 0.1) is 6.20 Å². The standard InChI is InChI=1S/C23H33N7O.HI/c1-24-23(30-11-9-19(18-30)20-16-26-27(2)17-20)25-10-8-22(31)29-14-12-28(13-15-29)21-6-4-3-5-7-21;/h3-7,16-17,19H,8-15,18H2,1-2H3,(H,24,25);1H. The number of hydrogen-bond donors (Lipinski definition) is 1. The van der Waals surface area contributed by atoms with Gasteiger partial charge in [0.1, 0.15) is 0 Å². The fourth-order valence-electron chi connectivity index (χ4n) is 4.50. The lowest BCUT2D eigenvalue weighted by atomic mass is 10.0. The molecule has 2 saturated heterocycles. The first-order chi connectivity index (χ1) is 15.1. The first-order valence-electron chi connectivity index (χ1n) is 11.2. The molecule has 0 spiro atoms. The molecule has 9 heteroatoms. The monoisotopic (exact) mass is 551 g/mol. The van der Waals surface area contributed by atoms with Crippen LogP contribution in [-0.4, -0.2) is 84.3 Å². The van der Waals surface area contributed by atoms with Crippen LogP contribution in [-0.2, 0) is 11.8 Å². The number of hydrogen-bond acceptors (Lipinski definition) is 4. The number of nitrogens with zero attached hydrogens (tertiary/aromatic N) is 6. The van der Waals surface area contributed by atoms with Crippen LogP contribution in [0.3, 0.4) is 0 Å². The van der Waals surface area contributed by atoms with Gasteiger partial charge in [-0.15, -0.1) is 24.0 Å². The second kappa shape index (κ2) is 11.5. The molecule has 0 aliphatic carbocycles. The van der Waals surface area contributed by atoms with Crippen LogP contribution in [0, 0.1) is 0 Å². The Morgan fingerprint density at radius 1 is 1.12 bits per heavy atom. The highest BCUT2D eigenvalue weighted by atomic mass is 127. The molecule has 0 bridgehead atoms. The Morgan fingerprint density at radius 2 is 1.88 bits per heavy atom. The van der Waals surface area contributed by atoms with Crippen molar-refractivity contribution in [2.24, 2.45) is 12.0 Å². The molecule has 1 aromatic heterocycles. The number of anilines is 1. The summed E-state index contributed by atoms with van der Waals surface area (Å²) >= 11 is 0. The highest BCUT2D eigenvalue weighted by Crippen LogP contribution is 2.26. The lowest BCUT2D eigenvalue weighted by Crippen LogP contribution is -2.49. The average molecular weight is 551 g/mol. The molecular formula is C23H34IN7O. The Balaban J connectivity index is 0.00000289. The third-order valence-electron chi connectivity index (χ3n) is 6.27. The van der Waals surface area contributed by atoms with Crippen LogP contribution in [0.5, 0.6) is 0 Å². The van der Waals surface area contributed by atoms with Gasteiger partial charge in [0.25, 0.3) is 0 Å². The Labute approximate surface area is 207 Å². The van der Waals surface area contributed by atoms with Crippen molar-refractivity contribution in [1.82, 2.24) is 24.9 Å². The average Bonchev–Trinajstić information content (AvgIpc) is 3.46. The van der Waals surface area contributed by atoms with E-state index in [9.17, 15) is 4.79 Å². The summed E-state index contributed by atoms with van der Waals surface area (Å²) in [4.78, 5) is 23.7. The minimum absolute atomic E-state index is 0. The number of guanidine groups is 1. The number of aryl methyl sites for hydroxylation is 1. The van der Waals surface area contributed by atoms with Crippen molar-refractivity contribution in [3.05, 3.63) is 48.3 Å². The molecule has 2 aliphatic rings. The summed E-state index contributed by atoms with van der Waals surface area (Å²) in [7, 11) is 3.76. The van der Waals surface area contributed by atoms with E-state index in [1.807, 2.05) is 35.9 Å². The molecule has 3 heterocycles. The van der Waals surface area contributed by atoms with Gasteiger partial charge in [-0.1, -0.05) is 18.2 Å². The third-order valence-corrected chi connectivity index (χ3v) is 6.27. The zero-order valence-corrected chi connectivity index (χ0v) is 21.3. The van der Waals surface area contributed by atoms with Gasteiger partial charge >= 0.3 is 0 Å². The van der Waals surface area contributed by atoms with Gasteiger partial charge in [-0.25, -0.2) is 0 Å². The number of benzene rings is 1. The molecule has 174 valence electrons. The molecule has 32 heavy (non-hydrogen) atoms. The number of halogens is 1. The van der Waals surface area contributed by atoms with Crippen molar-refractivity contribution in [3.8, 4) is 0 Å². The predicted octanol–water partition coefficient (Wildman–Crippen LogP) is 2.14. The van der Waals surface area contributed by atoms with Crippen LogP contribution in [0.25, 0.3) is 0 Å². The number of carbonyl (C=O) groups excluding carboxylic acids is 1. The van der Waals surface area contributed by atoms with Gasteiger partial charge in [-0.05, 0) is 24.1 Å². The van der Waals surface area contributed by atoms with Crippen molar-refractivity contribution in [1.29, 1.82) is 0 Å². The van der Waals surface area contributed by atoms with E-state index in [2.05, 4.69) is 55.7 Å². The summed E-state index contributed by atoms with van der Waals surface area (Å²) in [6, 6.07) is 10.4. The molecule has 2 aromatic rings. The van der Waals surface area contributed by atoms with E-state index in [0.29, 0.717) is 18.9 Å². The number of rotatable bonds is 5. The second-order valence-electron chi connectivity index (χ2n) is 8.31. The van der Waals surface area contributed by atoms with Crippen molar-refractivity contribution < 1.29 is 4.79 Å². The maximum absolute atomic E-state index is 12.7. The van der Waals surface area contributed by atoms with Crippen molar-refractivity contribution in [2.45, 2.75) is 18.8 Å². The molecule has 1 unspecified atom stereocenters. The molecule has 1 aromatic carbocycles. The molecule has 2 aliphatic heterocycles. The van der Waals surface area contributed by atoms with Crippen molar-refractivity contribution in [2.75, 3.05) is 57.8 Å². The van der Waals surface area contributed by atoms with E-state index >= 15 is 0 Å². The number of aliphatic imine (C=N–C) groups is 1. The van der Waals surface area contributed by atoms with Crippen LogP contribution in [0.2, 0.25) is 0 Å². The van der Waals surface area contributed by atoms with E-state index in [0.717, 1.165) is 51.6 Å². The number of carbonyl (C=O) groups is 1. The van der Waals surface area contributed by atoms with Gasteiger partial charge in [0.2, 0.25) is 5.91 Å². The normalized spacial score (nSPS) is 19.1. The number of aromatic nitrogens is 2. The predicted molar refractivity (Wildman–Crippen MR) is 139 cm³/mol. The summed E-state index contributed by atoms with van der Waals surface area (Å²) in [5.74, 6) is 1.58. The van der Waals surface area contributed by atoms with Gasteiger partial charge in [-0.3, -0.25) is 14.5 Å². The number of piperazine rings is 1. The maximum Gasteiger partial charge on any atom is 0.224 e. The molecule has 1 atom stereocenters. The first kappa shape index (κ1) is 24.3. The Hall–Kier alpha value is -2.30. The third kappa shape index (κ3) is 5.93. The number of likely N-dealkylation sites (tertiary alicyclic amines) is 1. The fourth-order valence-corrected chi connectivity index (χ4v) is 4.50. The van der Waals surface area contributed by atoms with Crippen LogP contribution in [0.1, 0.15) is 24.3 Å². The summed E-state index contributed by atoms with van der Waals surface area (Å²) in [5, 5.41) is 7.68. The van der Waals surface area contributed by atoms with E-state index < -0.39 is 0 Å². The Morgan fingerprint density at radius 3 is 2.53 bits per heavy atom. The summed E-state index contributed by atoms with van der Waals surface area (Å²) in [6.45, 7) is 5.83. The molecule has 0 radical (unpaired) electrons. The minimum Gasteiger partial charge on any atom is -0.368 e. The van der Waals surface area contributed by atoms with Crippen molar-refractivity contribution in [3.63, 3.8) is 0 Å².